The third-order valence-corrected chi connectivity index (χ3v) is 13.3. The smallest absolute Gasteiger partial charge is 0.160 e. The van der Waals surface area contributed by atoms with E-state index in [1.165, 1.54) is 32.3 Å². The van der Waals surface area contributed by atoms with E-state index in [0.717, 1.165) is 50.1 Å². The molecule has 0 aliphatic carbocycles. The van der Waals surface area contributed by atoms with Crippen molar-refractivity contribution in [2.45, 2.75) is 12.3 Å². The number of para-hydroxylation sites is 3. The first-order valence-electron chi connectivity index (χ1n) is 17.1. The monoisotopic (exact) mass is 750 g/mol. The molecule has 0 saturated carbocycles. The molecule has 6 aromatic rings. The average Bonchev–Trinajstić information content (AvgIpc) is 3.21. The molecule has 0 aromatic heterocycles. The third kappa shape index (κ3) is 7.92. The van der Waals surface area contributed by atoms with Gasteiger partial charge in [0.1, 0.15) is 28.6 Å². The molecule has 0 bridgehead atoms. The number of hydrogen-bond acceptors (Lipinski definition) is 6. The van der Waals surface area contributed by atoms with E-state index in [1.807, 2.05) is 36.4 Å². The standard InChI is InChI=1S/C44H42O6Si3/c1-44(29-17-23-32(24-18-29)51-38-14-8-11-35(45-2)41(38)48-5,30-19-25-33(26-20-30)52-39-15-9-12-36(46-3)42(39)49-6)31-21-27-34(28-22-31)53-40-16-10-13-37(47-4)43(40)50-7/h8-28H,1-7H3. The van der Waals surface area contributed by atoms with Gasteiger partial charge >= 0.3 is 0 Å². The molecule has 0 heterocycles. The topological polar surface area (TPSA) is 55.4 Å². The molecule has 6 aromatic carbocycles. The van der Waals surface area contributed by atoms with Gasteiger partial charge in [-0.25, -0.2) is 0 Å². The second-order valence-electron chi connectivity index (χ2n) is 12.4. The van der Waals surface area contributed by atoms with Crippen LogP contribution >= 0.6 is 0 Å². The fraction of sp³-hybridized carbons (Fsp3) is 0.182. The van der Waals surface area contributed by atoms with Crippen LogP contribution in [0.4, 0.5) is 0 Å². The second kappa shape index (κ2) is 17.1. The molecule has 0 aliphatic rings. The lowest BCUT2D eigenvalue weighted by molar-refractivity contribution is 0.357. The first kappa shape index (κ1) is 37.5. The van der Waals surface area contributed by atoms with E-state index in [2.05, 4.69) is 97.9 Å². The van der Waals surface area contributed by atoms with E-state index in [0.29, 0.717) is 28.6 Å². The van der Waals surface area contributed by atoms with E-state index >= 15 is 0 Å². The molecule has 0 spiro atoms. The predicted molar refractivity (Wildman–Crippen MR) is 219 cm³/mol. The molecule has 53 heavy (non-hydrogen) atoms. The molecule has 0 unspecified atom stereocenters. The van der Waals surface area contributed by atoms with Crippen LogP contribution in [0, 0.1) is 0 Å². The van der Waals surface area contributed by atoms with Gasteiger partial charge in [-0.2, -0.15) is 0 Å². The molecular formula is C44H42O6Si3. The SMILES string of the molecule is COc1cccc([Si]c2ccc(C(C)(c3ccc([Si]c4cccc(OC)c4OC)cc3)c3ccc([Si]c4cccc(OC)c4OC)cc3)cc2)c1OC. The Morgan fingerprint density at radius 3 is 0.830 bits per heavy atom. The van der Waals surface area contributed by atoms with Crippen LogP contribution in [-0.4, -0.2) is 71.2 Å². The maximum atomic E-state index is 5.73. The summed E-state index contributed by atoms with van der Waals surface area (Å²) in [5.41, 5.74) is 3.19. The zero-order valence-electron chi connectivity index (χ0n) is 31.1. The van der Waals surface area contributed by atoms with Crippen molar-refractivity contribution in [1.29, 1.82) is 0 Å². The highest BCUT2D eigenvalue weighted by Gasteiger charge is 2.31. The maximum Gasteiger partial charge on any atom is 0.160 e. The van der Waals surface area contributed by atoms with E-state index in [9.17, 15) is 0 Å². The summed E-state index contributed by atoms with van der Waals surface area (Å²) in [4.78, 5) is 0. The summed E-state index contributed by atoms with van der Waals surface area (Å²) in [6.45, 7) is 2.32. The van der Waals surface area contributed by atoms with Crippen LogP contribution in [-0.2, 0) is 5.41 Å². The molecular weight excluding hydrogens is 709 g/mol. The van der Waals surface area contributed by atoms with Crippen LogP contribution in [0.25, 0.3) is 0 Å². The minimum absolute atomic E-state index is 0.417. The number of benzene rings is 6. The lowest BCUT2D eigenvalue weighted by Gasteiger charge is -2.32. The molecule has 0 N–H and O–H groups in total. The molecule has 9 heteroatoms. The van der Waals surface area contributed by atoms with E-state index in [4.69, 9.17) is 28.4 Å². The minimum atomic E-state index is -0.431. The maximum absolute atomic E-state index is 5.73. The number of ether oxygens (including phenoxy) is 6. The van der Waals surface area contributed by atoms with Crippen LogP contribution in [0.3, 0.4) is 0 Å². The molecule has 6 radical (unpaired) electrons. The van der Waals surface area contributed by atoms with Crippen LogP contribution in [0.2, 0.25) is 0 Å². The van der Waals surface area contributed by atoms with Crippen LogP contribution in [0.5, 0.6) is 34.5 Å². The molecule has 0 atom stereocenters. The Balaban J connectivity index is 1.35. The Morgan fingerprint density at radius 1 is 0.340 bits per heavy atom. The van der Waals surface area contributed by atoms with Gasteiger partial charge in [-0.15, -0.1) is 0 Å². The van der Waals surface area contributed by atoms with Gasteiger partial charge in [-0.3, -0.25) is 0 Å². The Labute approximate surface area is 320 Å². The Bertz CT molecular complexity index is 1890. The lowest BCUT2D eigenvalue weighted by Crippen LogP contribution is -2.32. The molecule has 0 fully saturated rings. The van der Waals surface area contributed by atoms with Crippen molar-refractivity contribution in [1.82, 2.24) is 0 Å². The molecule has 6 nitrogen and oxygen atoms in total. The quantitative estimate of drug-likeness (QED) is 0.117. The minimum Gasteiger partial charge on any atom is -0.493 e. The number of methoxy groups -OCH3 is 6. The zero-order chi connectivity index (χ0) is 37.4. The van der Waals surface area contributed by atoms with Crippen molar-refractivity contribution in [3.63, 3.8) is 0 Å². The highest BCUT2D eigenvalue weighted by atomic mass is 28.2. The lowest BCUT2D eigenvalue weighted by atomic mass is 9.71. The van der Waals surface area contributed by atoms with Crippen LogP contribution < -0.4 is 59.5 Å². The Hall–Kier alpha value is -5.23. The highest BCUT2D eigenvalue weighted by molar-refractivity contribution is 6.69. The highest BCUT2D eigenvalue weighted by Crippen LogP contribution is 2.38. The van der Waals surface area contributed by atoms with Gasteiger partial charge in [-0.1, -0.05) is 125 Å². The molecule has 0 amide bonds. The zero-order valence-corrected chi connectivity index (χ0v) is 34.1. The van der Waals surface area contributed by atoms with Gasteiger partial charge in [0.2, 0.25) is 0 Å². The number of rotatable bonds is 15. The van der Waals surface area contributed by atoms with Gasteiger partial charge in [0.15, 0.2) is 34.5 Å². The van der Waals surface area contributed by atoms with Crippen molar-refractivity contribution in [2.24, 2.45) is 0 Å². The normalized spacial score (nSPS) is 11.2. The summed E-state index contributed by atoms with van der Waals surface area (Å²) in [7, 11) is 11.3. The van der Waals surface area contributed by atoms with Gasteiger partial charge in [0.25, 0.3) is 0 Å². The third-order valence-electron chi connectivity index (χ3n) is 9.43. The summed E-state index contributed by atoms with van der Waals surface area (Å²) < 4.78 is 33.9. The van der Waals surface area contributed by atoms with Gasteiger partial charge in [0.05, 0.1) is 42.7 Å². The van der Waals surface area contributed by atoms with E-state index in [-0.39, 0.29) is 0 Å². The summed E-state index contributed by atoms with van der Waals surface area (Å²) in [5, 5.41) is 6.97. The first-order chi connectivity index (χ1) is 25.9. The van der Waals surface area contributed by atoms with E-state index < -0.39 is 5.41 Å². The first-order valence-corrected chi connectivity index (χ1v) is 20.1. The average molecular weight is 751 g/mol. The molecule has 266 valence electrons. The fourth-order valence-electron chi connectivity index (χ4n) is 6.58. The van der Waals surface area contributed by atoms with Crippen molar-refractivity contribution in [3.05, 3.63) is 144 Å². The predicted octanol–water partition coefficient (Wildman–Crippen LogP) is 4.06. The Morgan fingerprint density at radius 2 is 0.604 bits per heavy atom. The molecule has 6 rings (SSSR count). The largest absolute Gasteiger partial charge is 0.493 e. The van der Waals surface area contributed by atoms with Gasteiger partial charge < -0.3 is 28.4 Å². The van der Waals surface area contributed by atoms with E-state index in [1.54, 1.807) is 42.7 Å². The summed E-state index contributed by atoms with van der Waals surface area (Å²) in [6.07, 6.45) is 0. The van der Waals surface area contributed by atoms with Gasteiger partial charge in [0, 0.05) is 5.41 Å². The summed E-state index contributed by atoms with van der Waals surface area (Å²) >= 11 is 0. The molecule has 0 saturated heterocycles. The number of hydrogen-bond donors (Lipinski definition) is 0. The fourth-order valence-corrected chi connectivity index (χ4v) is 10.1. The van der Waals surface area contributed by atoms with Gasteiger partial charge in [-0.05, 0) is 57.4 Å². The molecule has 0 aliphatic heterocycles. The van der Waals surface area contributed by atoms with Crippen molar-refractivity contribution < 1.29 is 28.4 Å². The van der Waals surface area contributed by atoms with Crippen LogP contribution in [0.15, 0.2) is 127 Å². The van der Waals surface area contributed by atoms with Crippen LogP contribution in [0.1, 0.15) is 23.6 Å². The second-order valence-corrected chi connectivity index (χ2v) is 16.5. The summed E-state index contributed by atoms with van der Waals surface area (Å²) in [6, 6.07) is 45.1. The van der Waals surface area contributed by atoms with Crippen molar-refractivity contribution >= 4 is 59.7 Å². The van der Waals surface area contributed by atoms with Crippen molar-refractivity contribution in [3.8, 4) is 34.5 Å². The Kier molecular flexibility index (Phi) is 12.1. The summed E-state index contributed by atoms with van der Waals surface area (Å²) in [5.74, 6) is 4.56. The van der Waals surface area contributed by atoms with Crippen molar-refractivity contribution in [2.75, 3.05) is 42.7 Å².